The van der Waals surface area contributed by atoms with Gasteiger partial charge in [0.05, 0.1) is 12.6 Å². The minimum Gasteiger partial charge on any atom is -0.383 e. The van der Waals surface area contributed by atoms with E-state index in [-0.39, 0.29) is 6.04 Å². The van der Waals surface area contributed by atoms with Crippen molar-refractivity contribution in [3.8, 4) is 0 Å². The van der Waals surface area contributed by atoms with E-state index in [2.05, 4.69) is 44.8 Å². The van der Waals surface area contributed by atoms with Crippen LogP contribution in [0.5, 0.6) is 0 Å². The molecule has 0 aliphatic carbocycles. The molecule has 0 saturated heterocycles. The summed E-state index contributed by atoms with van der Waals surface area (Å²) < 4.78 is 6.11. The van der Waals surface area contributed by atoms with Crippen molar-refractivity contribution in [2.24, 2.45) is 0 Å². The van der Waals surface area contributed by atoms with Crippen molar-refractivity contribution in [1.82, 2.24) is 9.97 Å². The van der Waals surface area contributed by atoms with Gasteiger partial charge in [-0.15, -0.1) is 0 Å². The molecule has 0 aliphatic rings. The number of methoxy groups -OCH3 is 1. The third kappa shape index (κ3) is 3.75. The molecule has 0 radical (unpaired) electrons. The van der Waals surface area contributed by atoms with Crippen molar-refractivity contribution in [3.63, 3.8) is 0 Å². The van der Waals surface area contributed by atoms with Gasteiger partial charge in [0.25, 0.3) is 0 Å². The van der Waals surface area contributed by atoms with Crippen LogP contribution in [0.2, 0.25) is 0 Å². The van der Waals surface area contributed by atoms with Gasteiger partial charge in [-0.05, 0) is 29.0 Å². The number of rotatable bonds is 5. The average Bonchev–Trinajstić information content (AvgIpc) is 2.20. The van der Waals surface area contributed by atoms with Crippen LogP contribution >= 0.6 is 22.6 Å². The van der Waals surface area contributed by atoms with Crippen molar-refractivity contribution in [2.75, 3.05) is 19.0 Å². The second kappa shape index (κ2) is 6.13. The second-order valence-electron chi connectivity index (χ2n) is 2.93. The minimum atomic E-state index is 0.278. The second-order valence-corrected chi connectivity index (χ2v) is 4.18. The smallest absolute Gasteiger partial charge is 0.222 e. The third-order valence-electron chi connectivity index (χ3n) is 1.81. The van der Waals surface area contributed by atoms with Gasteiger partial charge >= 0.3 is 0 Å². The summed E-state index contributed by atoms with van der Waals surface area (Å²) in [4.78, 5) is 8.33. The quantitative estimate of drug-likeness (QED) is 0.844. The zero-order valence-corrected chi connectivity index (χ0v) is 10.5. The average molecular weight is 307 g/mol. The van der Waals surface area contributed by atoms with Gasteiger partial charge < -0.3 is 10.1 Å². The molecule has 14 heavy (non-hydrogen) atoms. The van der Waals surface area contributed by atoms with E-state index in [1.54, 1.807) is 19.5 Å². The summed E-state index contributed by atoms with van der Waals surface area (Å²) in [6, 6.07) is 0.278. The zero-order chi connectivity index (χ0) is 10.4. The molecule has 0 spiro atoms. The molecule has 1 unspecified atom stereocenters. The van der Waals surface area contributed by atoms with E-state index in [1.807, 2.05) is 0 Å². The molecular weight excluding hydrogens is 293 g/mol. The number of nitrogens with zero attached hydrogens (tertiary/aromatic N) is 2. The maximum Gasteiger partial charge on any atom is 0.222 e. The molecule has 78 valence electrons. The Labute approximate surface area is 97.6 Å². The standard InChI is InChI=1S/C9H14IN3O/c1-3-8(6-14-2)13-9-11-4-7(10)5-12-9/h4-5,8H,3,6H2,1-2H3,(H,11,12,13). The molecule has 1 aromatic heterocycles. The van der Waals surface area contributed by atoms with Gasteiger partial charge in [0.15, 0.2) is 0 Å². The van der Waals surface area contributed by atoms with E-state index in [1.165, 1.54) is 0 Å². The first-order valence-electron chi connectivity index (χ1n) is 4.49. The number of nitrogens with one attached hydrogen (secondary N) is 1. The summed E-state index contributed by atoms with van der Waals surface area (Å²) in [5, 5.41) is 3.21. The van der Waals surface area contributed by atoms with Crippen LogP contribution in [0.25, 0.3) is 0 Å². The number of anilines is 1. The van der Waals surface area contributed by atoms with Crippen molar-refractivity contribution < 1.29 is 4.74 Å². The van der Waals surface area contributed by atoms with Gasteiger partial charge in [-0.2, -0.15) is 0 Å². The van der Waals surface area contributed by atoms with E-state index in [4.69, 9.17) is 4.74 Å². The Bertz CT molecular complexity index is 265. The number of ether oxygens (including phenoxy) is 1. The summed E-state index contributed by atoms with van der Waals surface area (Å²) in [6.45, 7) is 2.77. The van der Waals surface area contributed by atoms with Crippen LogP contribution in [0, 0.1) is 3.57 Å². The lowest BCUT2D eigenvalue weighted by atomic mass is 10.2. The van der Waals surface area contributed by atoms with E-state index >= 15 is 0 Å². The summed E-state index contributed by atoms with van der Waals surface area (Å²) in [5.41, 5.74) is 0. The lowest BCUT2D eigenvalue weighted by molar-refractivity contribution is 0.184. The predicted molar refractivity (Wildman–Crippen MR) is 64.3 cm³/mol. The van der Waals surface area contributed by atoms with Crippen LogP contribution in [0.1, 0.15) is 13.3 Å². The molecule has 1 rings (SSSR count). The monoisotopic (exact) mass is 307 g/mol. The Morgan fingerprint density at radius 2 is 2.14 bits per heavy atom. The molecule has 0 bridgehead atoms. The molecule has 0 fully saturated rings. The van der Waals surface area contributed by atoms with E-state index < -0.39 is 0 Å². The molecule has 1 N–H and O–H groups in total. The summed E-state index contributed by atoms with van der Waals surface area (Å²) in [6.07, 6.45) is 4.56. The Hall–Kier alpha value is -0.430. The Kier molecular flexibility index (Phi) is 5.10. The first-order valence-corrected chi connectivity index (χ1v) is 5.57. The Morgan fingerprint density at radius 1 is 1.50 bits per heavy atom. The number of halogens is 1. The van der Waals surface area contributed by atoms with Crippen LogP contribution < -0.4 is 5.32 Å². The third-order valence-corrected chi connectivity index (χ3v) is 2.37. The molecular formula is C9H14IN3O. The highest BCUT2D eigenvalue weighted by Gasteiger charge is 2.06. The molecule has 0 aromatic carbocycles. The van der Waals surface area contributed by atoms with Gasteiger partial charge in [0.1, 0.15) is 0 Å². The summed E-state index contributed by atoms with van der Waals surface area (Å²) >= 11 is 2.18. The van der Waals surface area contributed by atoms with Gasteiger partial charge in [-0.3, -0.25) is 0 Å². The lowest BCUT2D eigenvalue weighted by Crippen LogP contribution is -2.25. The normalized spacial score (nSPS) is 12.5. The van der Waals surface area contributed by atoms with Crippen LogP contribution in [0.4, 0.5) is 5.95 Å². The van der Waals surface area contributed by atoms with Crippen LogP contribution in [0.15, 0.2) is 12.4 Å². The fourth-order valence-corrected chi connectivity index (χ4v) is 1.31. The highest BCUT2D eigenvalue weighted by molar-refractivity contribution is 14.1. The SMILES string of the molecule is CCC(COC)Nc1ncc(I)cn1. The highest BCUT2D eigenvalue weighted by Crippen LogP contribution is 2.05. The first-order chi connectivity index (χ1) is 6.76. The van der Waals surface area contributed by atoms with Crippen molar-refractivity contribution in [3.05, 3.63) is 16.0 Å². The van der Waals surface area contributed by atoms with Crippen molar-refractivity contribution in [2.45, 2.75) is 19.4 Å². The van der Waals surface area contributed by atoms with Crippen molar-refractivity contribution in [1.29, 1.82) is 0 Å². The maximum atomic E-state index is 5.07. The van der Waals surface area contributed by atoms with E-state index in [0.717, 1.165) is 9.99 Å². The number of aromatic nitrogens is 2. The molecule has 4 nitrogen and oxygen atoms in total. The van der Waals surface area contributed by atoms with Crippen LogP contribution in [-0.4, -0.2) is 29.7 Å². The van der Waals surface area contributed by atoms with Crippen LogP contribution in [-0.2, 0) is 4.74 Å². The van der Waals surface area contributed by atoms with Gasteiger partial charge in [0, 0.05) is 23.1 Å². The van der Waals surface area contributed by atoms with E-state index in [0.29, 0.717) is 12.6 Å². The van der Waals surface area contributed by atoms with Gasteiger partial charge in [0.2, 0.25) is 5.95 Å². The molecule has 5 heteroatoms. The maximum absolute atomic E-state index is 5.07. The Balaban J connectivity index is 2.53. The fraction of sp³-hybridized carbons (Fsp3) is 0.556. The molecule has 1 atom stereocenters. The molecule has 0 amide bonds. The Morgan fingerprint density at radius 3 is 2.64 bits per heavy atom. The zero-order valence-electron chi connectivity index (χ0n) is 8.33. The molecule has 0 saturated carbocycles. The fourth-order valence-electron chi connectivity index (χ4n) is 1.03. The topological polar surface area (TPSA) is 47.0 Å². The number of hydrogen-bond donors (Lipinski definition) is 1. The number of hydrogen-bond acceptors (Lipinski definition) is 4. The largest absolute Gasteiger partial charge is 0.383 e. The van der Waals surface area contributed by atoms with E-state index in [9.17, 15) is 0 Å². The van der Waals surface area contributed by atoms with Crippen molar-refractivity contribution >= 4 is 28.5 Å². The first kappa shape index (κ1) is 11.6. The molecule has 1 heterocycles. The summed E-state index contributed by atoms with van der Waals surface area (Å²) in [7, 11) is 1.69. The highest BCUT2D eigenvalue weighted by atomic mass is 127. The van der Waals surface area contributed by atoms with Gasteiger partial charge in [-0.1, -0.05) is 6.92 Å². The molecule has 0 aliphatic heterocycles. The van der Waals surface area contributed by atoms with Crippen LogP contribution in [0.3, 0.4) is 0 Å². The summed E-state index contributed by atoms with van der Waals surface area (Å²) in [5.74, 6) is 0.661. The minimum absolute atomic E-state index is 0.278. The van der Waals surface area contributed by atoms with Gasteiger partial charge in [-0.25, -0.2) is 9.97 Å². The predicted octanol–water partition coefficient (Wildman–Crippen LogP) is 1.92. The molecule has 1 aromatic rings. The lowest BCUT2D eigenvalue weighted by Gasteiger charge is -2.15.